The van der Waals surface area contributed by atoms with Crippen LogP contribution in [0.25, 0.3) is 0 Å². The second-order valence-electron chi connectivity index (χ2n) is 2.20. The number of hydrogen-bond donors (Lipinski definition) is 3. The first kappa shape index (κ1) is 9.35. The van der Waals surface area contributed by atoms with Crippen molar-refractivity contribution in [3.05, 3.63) is 0 Å². The molecule has 0 radical (unpaired) electrons. The van der Waals surface area contributed by atoms with Gasteiger partial charge in [0.2, 0.25) is 6.41 Å². The summed E-state index contributed by atoms with van der Waals surface area (Å²) in [6.45, 7) is 4.05. The van der Waals surface area contributed by atoms with E-state index in [1.165, 1.54) is 0 Å². The lowest BCUT2D eigenvalue weighted by atomic mass is 10.4. The molecule has 0 aromatic rings. The monoisotopic (exact) mass is 146 g/mol. The summed E-state index contributed by atoms with van der Waals surface area (Å²) in [5.74, 6) is 0. The van der Waals surface area contributed by atoms with E-state index in [1.54, 1.807) is 0 Å². The van der Waals surface area contributed by atoms with Crippen molar-refractivity contribution in [1.82, 2.24) is 21.5 Å². The maximum Gasteiger partial charge on any atom is 0.222 e. The van der Waals surface area contributed by atoms with Gasteiger partial charge < -0.3 is 0 Å². The van der Waals surface area contributed by atoms with Crippen molar-refractivity contribution in [3.63, 3.8) is 0 Å². The standard InChI is InChI=1S/C5H14N4O/c1-5(2)9(3)8-7-6-4-10/h4-5,7-8H,1-3H3,(H,6,10). The van der Waals surface area contributed by atoms with Crippen LogP contribution in [0.4, 0.5) is 0 Å². The van der Waals surface area contributed by atoms with Crippen LogP contribution in [0.3, 0.4) is 0 Å². The van der Waals surface area contributed by atoms with E-state index < -0.39 is 0 Å². The van der Waals surface area contributed by atoms with Gasteiger partial charge in [0.25, 0.3) is 0 Å². The number of rotatable bonds is 5. The van der Waals surface area contributed by atoms with E-state index in [2.05, 4.69) is 16.5 Å². The molecule has 0 saturated heterocycles. The Hall–Kier alpha value is -0.650. The molecule has 0 saturated carbocycles. The molecule has 0 aliphatic heterocycles. The van der Waals surface area contributed by atoms with Gasteiger partial charge in [0.05, 0.1) is 0 Å². The van der Waals surface area contributed by atoms with Crippen LogP contribution in [0, 0.1) is 0 Å². The minimum Gasteiger partial charge on any atom is -0.279 e. The van der Waals surface area contributed by atoms with Crippen molar-refractivity contribution in [2.75, 3.05) is 7.05 Å². The third kappa shape index (κ3) is 4.25. The molecule has 0 rings (SSSR count). The third-order valence-corrected chi connectivity index (χ3v) is 1.14. The predicted molar refractivity (Wildman–Crippen MR) is 38.4 cm³/mol. The van der Waals surface area contributed by atoms with E-state index in [4.69, 9.17) is 0 Å². The van der Waals surface area contributed by atoms with Crippen LogP contribution in [0.5, 0.6) is 0 Å². The molecule has 0 aliphatic rings. The molecular formula is C5H14N4O. The third-order valence-electron chi connectivity index (χ3n) is 1.14. The fourth-order valence-electron chi connectivity index (χ4n) is 0.279. The number of nitrogens with one attached hydrogen (secondary N) is 3. The summed E-state index contributed by atoms with van der Waals surface area (Å²) < 4.78 is 0. The summed E-state index contributed by atoms with van der Waals surface area (Å²) in [5, 5.41) is 1.82. The maximum absolute atomic E-state index is 9.72. The summed E-state index contributed by atoms with van der Waals surface area (Å²) >= 11 is 0. The van der Waals surface area contributed by atoms with Crippen molar-refractivity contribution < 1.29 is 4.79 Å². The highest BCUT2D eigenvalue weighted by Gasteiger charge is 1.98. The second kappa shape index (κ2) is 5.16. The molecule has 0 atom stereocenters. The summed E-state index contributed by atoms with van der Waals surface area (Å²) in [5.41, 5.74) is 7.45. The van der Waals surface area contributed by atoms with Gasteiger partial charge in [-0.2, -0.15) is 11.1 Å². The van der Waals surface area contributed by atoms with E-state index in [-0.39, 0.29) is 0 Å². The Morgan fingerprint density at radius 3 is 2.50 bits per heavy atom. The zero-order valence-electron chi connectivity index (χ0n) is 6.51. The highest BCUT2D eigenvalue weighted by atomic mass is 16.1. The first-order chi connectivity index (χ1) is 4.68. The van der Waals surface area contributed by atoms with Gasteiger partial charge in [0, 0.05) is 13.1 Å². The van der Waals surface area contributed by atoms with E-state index in [0.29, 0.717) is 12.5 Å². The number of nitrogens with zero attached hydrogens (tertiary/aromatic N) is 1. The Balaban J connectivity index is 3.21. The van der Waals surface area contributed by atoms with Crippen molar-refractivity contribution >= 4 is 6.41 Å². The smallest absolute Gasteiger partial charge is 0.222 e. The highest BCUT2D eigenvalue weighted by Crippen LogP contribution is 1.84. The zero-order chi connectivity index (χ0) is 7.98. The van der Waals surface area contributed by atoms with Crippen molar-refractivity contribution in [2.45, 2.75) is 19.9 Å². The van der Waals surface area contributed by atoms with E-state index in [0.717, 1.165) is 0 Å². The highest BCUT2D eigenvalue weighted by molar-refractivity contribution is 5.44. The van der Waals surface area contributed by atoms with Gasteiger partial charge in [-0.05, 0) is 13.8 Å². The minimum absolute atomic E-state index is 0.376. The number of amides is 1. The van der Waals surface area contributed by atoms with Gasteiger partial charge in [-0.15, -0.1) is 0 Å². The normalized spacial score (nSPS) is 10.5. The molecule has 0 bridgehead atoms. The Morgan fingerprint density at radius 2 is 2.10 bits per heavy atom. The first-order valence-electron chi connectivity index (χ1n) is 3.11. The molecule has 0 fully saturated rings. The summed E-state index contributed by atoms with van der Waals surface area (Å²) in [6.07, 6.45) is 0.557. The molecule has 0 aromatic carbocycles. The van der Waals surface area contributed by atoms with Gasteiger partial charge >= 0.3 is 0 Å². The van der Waals surface area contributed by atoms with Gasteiger partial charge in [-0.25, -0.2) is 5.01 Å². The molecule has 5 heteroatoms. The number of carbonyl (C=O) groups is 1. The van der Waals surface area contributed by atoms with E-state index >= 15 is 0 Å². The molecule has 0 unspecified atom stereocenters. The van der Waals surface area contributed by atoms with Crippen LogP contribution in [0.1, 0.15) is 13.8 Å². The van der Waals surface area contributed by atoms with Gasteiger partial charge in [0.1, 0.15) is 0 Å². The lowest BCUT2D eigenvalue weighted by Crippen LogP contribution is -2.53. The lowest BCUT2D eigenvalue weighted by molar-refractivity contribution is -0.111. The van der Waals surface area contributed by atoms with Crippen LogP contribution in [-0.4, -0.2) is 24.5 Å². The molecule has 0 aromatic heterocycles. The second-order valence-corrected chi connectivity index (χ2v) is 2.20. The van der Waals surface area contributed by atoms with Gasteiger partial charge in [0.15, 0.2) is 0 Å². The lowest BCUT2D eigenvalue weighted by Gasteiger charge is -2.21. The van der Waals surface area contributed by atoms with Crippen LogP contribution in [0.15, 0.2) is 0 Å². The Labute approximate surface area is 60.7 Å². The van der Waals surface area contributed by atoms with Crippen molar-refractivity contribution in [3.8, 4) is 0 Å². The van der Waals surface area contributed by atoms with E-state index in [9.17, 15) is 4.79 Å². The molecule has 5 nitrogen and oxygen atoms in total. The molecule has 3 N–H and O–H groups in total. The van der Waals surface area contributed by atoms with Crippen LogP contribution in [0.2, 0.25) is 0 Å². The largest absolute Gasteiger partial charge is 0.279 e. The maximum atomic E-state index is 9.72. The fraction of sp³-hybridized carbons (Fsp3) is 0.800. The molecule has 0 aliphatic carbocycles. The Kier molecular flexibility index (Phi) is 4.82. The van der Waals surface area contributed by atoms with Crippen LogP contribution >= 0.6 is 0 Å². The van der Waals surface area contributed by atoms with E-state index in [1.807, 2.05) is 25.9 Å². The van der Waals surface area contributed by atoms with Crippen LogP contribution in [-0.2, 0) is 4.79 Å². The number of hydrogen-bond acceptors (Lipinski definition) is 4. The summed E-state index contributed by atoms with van der Waals surface area (Å²) in [6, 6.07) is 0.376. The Morgan fingerprint density at radius 1 is 1.50 bits per heavy atom. The molecule has 1 amide bonds. The molecule has 10 heavy (non-hydrogen) atoms. The molecule has 0 heterocycles. The average Bonchev–Trinajstić information content (AvgIpc) is 1.88. The summed E-state index contributed by atoms with van der Waals surface area (Å²) in [7, 11) is 1.87. The van der Waals surface area contributed by atoms with Crippen molar-refractivity contribution in [1.29, 1.82) is 0 Å². The molecule has 0 spiro atoms. The SMILES string of the molecule is CC(C)N(C)NNNC=O. The van der Waals surface area contributed by atoms with Gasteiger partial charge in [-0.3, -0.25) is 10.2 Å². The number of carbonyl (C=O) groups excluding carboxylic acids is 1. The topological polar surface area (TPSA) is 56.4 Å². The first-order valence-corrected chi connectivity index (χ1v) is 3.11. The average molecular weight is 146 g/mol. The molecule has 60 valence electrons. The van der Waals surface area contributed by atoms with Gasteiger partial charge in [-0.1, -0.05) is 0 Å². The van der Waals surface area contributed by atoms with Crippen molar-refractivity contribution in [2.24, 2.45) is 0 Å². The summed E-state index contributed by atoms with van der Waals surface area (Å²) in [4.78, 5) is 9.72. The number of hydrazine groups is 3. The quantitative estimate of drug-likeness (QED) is 0.264. The Bertz CT molecular complexity index is 95.6. The van der Waals surface area contributed by atoms with Crippen LogP contribution < -0.4 is 16.5 Å². The minimum atomic E-state index is 0.376. The fourth-order valence-corrected chi connectivity index (χ4v) is 0.279. The predicted octanol–water partition coefficient (Wildman–Crippen LogP) is -1.00. The zero-order valence-corrected chi connectivity index (χ0v) is 6.51. The molecular weight excluding hydrogens is 132 g/mol.